The molecule has 26 heavy (non-hydrogen) atoms. The van der Waals surface area contributed by atoms with Crippen LogP contribution in [0.1, 0.15) is 41.9 Å². The van der Waals surface area contributed by atoms with Crippen molar-refractivity contribution >= 4 is 11.5 Å². The molecular formula is C22H23NO3. The molecule has 0 fully saturated rings. The standard InChI is InChI=1S/C22H23NO3/c1-13-7-9-14(10-8-13)21-15-11-19(25-2)20(26-3)12-17(15)23-16-5-4-6-18(24)22(16)21/h7-12,21,23H,4-6H2,1-3H3/t21-/m0/s1. The normalized spacial score (nSPS) is 18.7. The van der Waals surface area contributed by atoms with Gasteiger partial charge in [-0.05, 0) is 37.0 Å². The van der Waals surface area contributed by atoms with E-state index in [0.717, 1.165) is 40.9 Å². The van der Waals surface area contributed by atoms with Gasteiger partial charge in [-0.2, -0.15) is 0 Å². The second kappa shape index (κ2) is 6.52. The average molecular weight is 349 g/mol. The van der Waals surface area contributed by atoms with Crippen molar-refractivity contribution in [3.63, 3.8) is 0 Å². The van der Waals surface area contributed by atoms with Crippen molar-refractivity contribution < 1.29 is 14.3 Å². The van der Waals surface area contributed by atoms with E-state index < -0.39 is 0 Å². The first-order valence-electron chi connectivity index (χ1n) is 8.98. The number of allylic oxidation sites excluding steroid dienone is 2. The van der Waals surface area contributed by atoms with E-state index in [2.05, 4.69) is 36.5 Å². The minimum Gasteiger partial charge on any atom is -0.493 e. The van der Waals surface area contributed by atoms with Crippen LogP contribution < -0.4 is 14.8 Å². The summed E-state index contributed by atoms with van der Waals surface area (Å²) in [6.45, 7) is 2.07. The van der Waals surface area contributed by atoms with Crippen LogP contribution in [0.2, 0.25) is 0 Å². The molecule has 4 rings (SSSR count). The number of rotatable bonds is 3. The first-order chi connectivity index (χ1) is 12.6. The number of ketones is 1. The smallest absolute Gasteiger partial charge is 0.162 e. The summed E-state index contributed by atoms with van der Waals surface area (Å²) in [4.78, 5) is 12.8. The molecule has 1 aliphatic carbocycles. The summed E-state index contributed by atoms with van der Waals surface area (Å²) in [5, 5.41) is 3.49. The van der Waals surface area contributed by atoms with Gasteiger partial charge in [-0.15, -0.1) is 0 Å². The van der Waals surface area contributed by atoms with Crippen LogP contribution in [0.4, 0.5) is 5.69 Å². The molecule has 2 aliphatic rings. The quantitative estimate of drug-likeness (QED) is 0.881. The molecule has 1 aliphatic heterocycles. The summed E-state index contributed by atoms with van der Waals surface area (Å²) >= 11 is 0. The number of Topliss-reactive ketones (excluding diaryl/α,β-unsaturated/α-hetero) is 1. The minimum absolute atomic E-state index is 0.0746. The molecule has 0 unspecified atom stereocenters. The lowest BCUT2D eigenvalue weighted by atomic mass is 9.75. The molecule has 134 valence electrons. The number of hydrogen-bond acceptors (Lipinski definition) is 4. The number of anilines is 1. The Labute approximate surface area is 153 Å². The van der Waals surface area contributed by atoms with Gasteiger partial charge in [0.25, 0.3) is 0 Å². The third-order valence-electron chi connectivity index (χ3n) is 5.31. The molecule has 0 aromatic heterocycles. The lowest BCUT2D eigenvalue weighted by Gasteiger charge is -2.34. The molecule has 0 saturated heterocycles. The van der Waals surface area contributed by atoms with Crippen LogP contribution >= 0.6 is 0 Å². The Kier molecular flexibility index (Phi) is 4.19. The summed E-state index contributed by atoms with van der Waals surface area (Å²) in [5.41, 5.74) is 6.33. The highest BCUT2D eigenvalue weighted by atomic mass is 16.5. The zero-order valence-electron chi connectivity index (χ0n) is 15.4. The van der Waals surface area contributed by atoms with Gasteiger partial charge in [0.2, 0.25) is 0 Å². The Morgan fingerprint density at radius 3 is 2.38 bits per heavy atom. The molecule has 1 atom stereocenters. The highest BCUT2D eigenvalue weighted by Gasteiger charge is 2.35. The Balaban J connectivity index is 1.94. The number of carbonyl (C=O) groups is 1. The Morgan fingerprint density at radius 1 is 1.00 bits per heavy atom. The van der Waals surface area contributed by atoms with E-state index in [1.165, 1.54) is 5.56 Å². The molecule has 0 radical (unpaired) electrons. The summed E-state index contributed by atoms with van der Waals surface area (Å²) in [6.07, 6.45) is 2.41. The predicted molar refractivity (Wildman–Crippen MR) is 102 cm³/mol. The molecule has 2 aromatic rings. The van der Waals surface area contributed by atoms with E-state index in [0.29, 0.717) is 17.9 Å². The second-order valence-corrected chi connectivity index (χ2v) is 6.93. The second-order valence-electron chi connectivity index (χ2n) is 6.93. The van der Waals surface area contributed by atoms with Crippen molar-refractivity contribution in [2.45, 2.75) is 32.1 Å². The SMILES string of the molecule is COc1cc2c(cc1OC)[C@H](c1ccc(C)cc1)C1=C(CCCC1=O)N2. The van der Waals surface area contributed by atoms with Crippen LogP contribution in [0.25, 0.3) is 0 Å². The minimum atomic E-state index is -0.0746. The van der Waals surface area contributed by atoms with Gasteiger partial charge in [-0.3, -0.25) is 4.79 Å². The third-order valence-corrected chi connectivity index (χ3v) is 5.31. The van der Waals surface area contributed by atoms with Crippen LogP contribution in [0.5, 0.6) is 11.5 Å². The summed E-state index contributed by atoms with van der Waals surface area (Å²) in [5.74, 6) is 1.53. The number of carbonyl (C=O) groups excluding carboxylic acids is 1. The van der Waals surface area contributed by atoms with E-state index in [-0.39, 0.29) is 11.7 Å². The van der Waals surface area contributed by atoms with Gasteiger partial charge < -0.3 is 14.8 Å². The first kappa shape index (κ1) is 16.7. The van der Waals surface area contributed by atoms with Gasteiger partial charge in [0.15, 0.2) is 17.3 Å². The molecule has 1 N–H and O–H groups in total. The van der Waals surface area contributed by atoms with Crippen molar-refractivity contribution in [1.82, 2.24) is 0 Å². The molecule has 1 heterocycles. The lowest BCUT2D eigenvalue weighted by molar-refractivity contribution is -0.116. The molecule has 0 spiro atoms. The zero-order valence-corrected chi connectivity index (χ0v) is 15.4. The fourth-order valence-electron chi connectivity index (χ4n) is 3.99. The van der Waals surface area contributed by atoms with Gasteiger partial charge in [0.1, 0.15) is 0 Å². The Hall–Kier alpha value is -2.75. The molecule has 4 heteroatoms. The van der Waals surface area contributed by atoms with Crippen LogP contribution in [0.3, 0.4) is 0 Å². The lowest BCUT2D eigenvalue weighted by Crippen LogP contribution is -2.27. The molecule has 2 aromatic carbocycles. The predicted octanol–water partition coefficient (Wildman–Crippen LogP) is 4.58. The average Bonchev–Trinajstić information content (AvgIpc) is 2.66. The van der Waals surface area contributed by atoms with Gasteiger partial charge in [-0.25, -0.2) is 0 Å². The number of ether oxygens (including phenoxy) is 2. The van der Waals surface area contributed by atoms with E-state index in [1.807, 2.05) is 12.1 Å². The Bertz CT molecular complexity index is 896. The molecule has 0 saturated carbocycles. The van der Waals surface area contributed by atoms with Gasteiger partial charge in [0, 0.05) is 35.4 Å². The van der Waals surface area contributed by atoms with Gasteiger partial charge in [-0.1, -0.05) is 29.8 Å². The van der Waals surface area contributed by atoms with Crippen LogP contribution in [0.15, 0.2) is 47.7 Å². The largest absolute Gasteiger partial charge is 0.493 e. The van der Waals surface area contributed by atoms with E-state index in [9.17, 15) is 4.79 Å². The summed E-state index contributed by atoms with van der Waals surface area (Å²) in [6, 6.07) is 12.4. The molecule has 0 bridgehead atoms. The maximum absolute atomic E-state index is 12.8. The van der Waals surface area contributed by atoms with Gasteiger partial charge >= 0.3 is 0 Å². The highest BCUT2D eigenvalue weighted by molar-refractivity contribution is 6.01. The van der Waals surface area contributed by atoms with E-state index in [4.69, 9.17) is 9.47 Å². The zero-order chi connectivity index (χ0) is 18.3. The van der Waals surface area contributed by atoms with Crippen LogP contribution in [-0.4, -0.2) is 20.0 Å². The molecule has 0 amide bonds. The van der Waals surface area contributed by atoms with Crippen molar-refractivity contribution in [3.05, 3.63) is 64.4 Å². The number of hydrogen-bond donors (Lipinski definition) is 1. The summed E-state index contributed by atoms with van der Waals surface area (Å²) < 4.78 is 11.0. The van der Waals surface area contributed by atoms with Gasteiger partial charge in [0.05, 0.1) is 14.2 Å². The fourth-order valence-corrected chi connectivity index (χ4v) is 3.99. The van der Waals surface area contributed by atoms with Crippen molar-refractivity contribution in [2.75, 3.05) is 19.5 Å². The highest BCUT2D eigenvalue weighted by Crippen LogP contribution is 2.48. The van der Waals surface area contributed by atoms with Crippen molar-refractivity contribution in [2.24, 2.45) is 0 Å². The van der Waals surface area contributed by atoms with Crippen molar-refractivity contribution in [1.29, 1.82) is 0 Å². The van der Waals surface area contributed by atoms with E-state index >= 15 is 0 Å². The number of aryl methyl sites for hydroxylation is 1. The maximum atomic E-state index is 12.8. The maximum Gasteiger partial charge on any atom is 0.162 e. The number of benzene rings is 2. The molecule has 4 nitrogen and oxygen atoms in total. The number of fused-ring (bicyclic) bond motifs is 1. The van der Waals surface area contributed by atoms with Crippen LogP contribution in [0, 0.1) is 6.92 Å². The van der Waals surface area contributed by atoms with Crippen LogP contribution in [-0.2, 0) is 4.79 Å². The first-order valence-corrected chi connectivity index (χ1v) is 8.98. The number of nitrogens with one attached hydrogen (secondary N) is 1. The third kappa shape index (κ3) is 2.66. The van der Waals surface area contributed by atoms with Crippen molar-refractivity contribution in [3.8, 4) is 11.5 Å². The fraction of sp³-hybridized carbons (Fsp3) is 0.318. The molecular weight excluding hydrogens is 326 g/mol. The topological polar surface area (TPSA) is 47.6 Å². The Morgan fingerprint density at radius 2 is 1.69 bits per heavy atom. The summed E-state index contributed by atoms with van der Waals surface area (Å²) in [7, 11) is 3.28. The number of methoxy groups -OCH3 is 2. The van der Waals surface area contributed by atoms with E-state index in [1.54, 1.807) is 14.2 Å². The monoisotopic (exact) mass is 349 g/mol.